The highest BCUT2D eigenvalue weighted by atomic mass is 31.2. The van der Waals surface area contributed by atoms with Crippen molar-refractivity contribution in [2.45, 2.75) is 71.9 Å². The zero-order valence-corrected chi connectivity index (χ0v) is 21.8. The van der Waals surface area contributed by atoms with E-state index in [9.17, 15) is 0 Å². The van der Waals surface area contributed by atoms with Gasteiger partial charge in [-0.15, -0.1) is 0 Å². The third-order valence-electron chi connectivity index (χ3n) is 5.65. The zero-order valence-electron chi connectivity index (χ0n) is 20.9. The first-order valence-corrected chi connectivity index (χ1v) is 13.5. The third kappa shape index (κ3) is 7.42. The van der Waals surface area contributed by atoms with Crippen molar-refractivity contribution in [2.75, 3.05) is 19.8 Å². The minimum absolute atomic E-state index is 0.328. The summed E-state index contributed by atoms with van der Waals surface area (Å²) in [6.07, 6.45) is 4.59. The molecule has 1 aromatic heterocycles. The van der Waals surface area contributed by atoms with E-state index >= 15 is 0 Å². The van der Waals surface area contributed by atoms with Crippen LogP contribution in [0.1, 0.15) is 59.8 Å². The molecule has 7 heteroatoms. The first-order chi connectivity index (χ1) is 16.5. The number of H-pyrrole nitrogens is 1. The van der Waals surface area contributed by atoms with Gasteiger partial charge in [-0.3, -0.25) is 0 Å². The number of para-hydroxylation sites is 1. The quantitative estimate of drug-likeness (QED) is 0.178. The molecule has 1 N–H and O–H groups in total. The molecule has 0 bridgehead atoms. The van der Waals surface area contributed by atoms with Crippen molar-refractivity contribution < 1.29 is 13.8 Å². The summed E-state index contributed by atoms with van der Waals surface area (Å²) in [7, 11) is -1.14. The summed E-state index contributed by atoms with van der Waals surface area (Å²) in [5.41, 5.74) is 2.27. The van der Waals surface area contributed by atoms with Crippen molar-refractivity contribution >= 4 is 30.3 Å². The molecule has 0 radical (unpaired) electrons. The first kappa shape index (κ1) is 26.4. The second-order valence-electron chi connectivity index (χ2n) is 9.02. The number of hydrogen-bond donors (Lipinski definition) is 1. The highest BCUT2D eigenvalue weighted by Gasteiger charge is 2.26. The maximum absolute atomic E-state index is 8.81. The molecule has 0 amide bonds. The molecule has 0 aliphatic heterocycles. The zero-order chi connectivity index (χ0) is 24.3. The van der Waals surface area contributed by atoms with Crippen molar-refractivity contribution in [1.82, 2.24) is 9.65 Å². The van der Waals surface area contributed by atoms with Crippen LogP contribution in [-0.2, 0) is 9.05 Å². The van der Waals surface area contributed by atoms with Crippen LogP contribution in [0.3, 0.4) is 0 Å². The van der Waals surface area contributed by atoms with Crippen LogP contribution >= 0.6 is 8.53 Å². The Morgan fingerprint density at radius 2 is 1.53 bits per heavy atom. The number of aromatic nitrogens is 1. The van der Waals surface area contributed by atoms with Crippen LogP contribution in [-0.4, -0.2) is 41.6 Å². The second kappa shape index (κ2) is 13.7. The van der Waals surface area contributed by atoms with Gasteiger partial charge in [-0.2, -0.15) is 5.26 Å². The van der Waals surface area contributed by atoms with Gasteiger partial charge in [-0.1, -0.05) is 24.6 Å². The summed E-state index contributed by atoms with van der Waals surface area (Å²) in [4.78, 5) is 3.47. The number of hydrogen-bond acceptors (Lipinski definition) is 5. The van der Waals surface area contributed by atoms with E-state index in [2.05, 4.69) is 79.8 Å². The van der Waals surface area contributed by atoms with E-state index in [1.165, 1.54) is 10.8 Å². The molecule has 2 aromatic carbocycles. The van der Waals surface area contributed by atoms with Crippen molar-refractivity contribution in [1.29, 1.82) is 5.26 Å². The van der Waals surface area contributed by atoms with Gasteiger partial charge in [0.2, 0.25) is 0 Å². The summed E-state index contributed by atoms with van der Waals surface area (Å²) in [5, 5.41) is 11.3. The highest BCUT2D eigenvalue weighted by Crippen LogP contribution is 2.46. The smallest absolute Gasteiger partial charge is 0.259 e. The van der Waals surface area contributed by atoms with Gasteiger partial charge in [0, 0.05) is 34.4 Å². The molecule has 34 heavy (non-hydrogen) atoms. The van der Waals surface area contributed by atoms with E-state index < -0.39 is 8.53 Å². The number of aromatic amines is 1. The number of unbranched alkanes of at least 4 members (excludes halogenated alkanes) is 3. The molecule has 0 fully saturated rings. The average Bonchev–Trinajstić information content (AvgIpc) is 3.18. The molecule has 3 rings (SSSR count). The molecule has 0 aliphatic rings. The Kier molecular flexibility index (Phi) is 10.6. The number of fused-ring (bicyclic) bond motifs is 3. The van der Waals surface area contributed by atoms with E-state index in [1.807, 2.05) is 6.07 Å². The normalized spacial score (nSPS) is 12.8. The minimum atomic E-state index is -1.14. The van der Waals surface area contributed by atoms with Gasteiger partial charge < -0.3 is 18.8 Å². The number of nitriles is 1. The fourth-order valence-electron chi connectivity index (χ4n) is 4.13. The number of benzene rings is 2. The molecule has 0 spiro atoms. The van der Waals surface area contributed by atoms with E-state index in [0.29, 0.717) is 38.3 Å². The van der Waals surface area contributed by atoms with E-state index in [1.54, 1.807) is 0 Å². The molecule has 0 saturated heterocycles. The Hall–Kier alpha value is -2.16. The van der Waals surface area contributed by atoms with Gasteiger partial charge in [-0.25, -0.2) is 4.67 Å². The molecular formula is C27H38N3O3P. The van der Waals surface area contributed by atoms with Gasteiger partial charge >= 0.3 is 0 Å². The summed E-state index contributed by atoms with van der Waals surface area (Å²) in [6, 6.07) is 17.4. The number of rotatable bonds is 15. The Morgan fingerprint density at radius 3 is 2.26 bits per heavy atom. The largest absolute Gasteiger partial charge is 0.494 e. The second-order valence-corrected chi connectivity index (χ2v) is 10.5. The van der Waals surface area contributed by atoms with Gasteiger partial charge in [0.05, 0.1) is 37.8 Å². The molecule has 0 aliphatic carbocycles. The molecule has 1 atom stereocenters. The molecule has 184 valence electrons. The van der Waals surface area contributed by atoms with Crippen molar-refractivity contribution in [2.24, 2.45) is 0 Å². The Balaban J connectivity index is 1.36. The molecular weight excluding hydrogens is 445 g/mol. The number of nitrogens with one attached hydrogen (secondary N) is 1. The van der Waals surface area contributed by atoms with Gasteiger partial charge in [0.15, 0.2) is 0 Å². The van der Waals surface area contributed by atoms with Crippen molar-refractivity contribution in [3.63, 3.8) is 0 Å². The average molecular weight is 484 g/mol. The lowest BCUT2D eigenvalue weighted by molar-refractivity contribution is 0.174. The highest BCUT2D eigenvalue weighted by molar-refractivity contribution is 7.44. The molecule has 0 saturated carbocycles. The fourth-order valence-corrected chi connectivity index (χ4v) is 5.76. The molecule has 3 aromatic rings. The predicted octanol–water partition coefficient (Wildman–Crippen LogP) is 7.55. The topological polar surface area (TPSA) is 70.5 Å². The maximum Gasteiger partial charge on any atom is 0.259 e. The third-order valence-corrected chi connectivity index (χ3v) is 7.76. The molecule has 1 heterocycles. The Morgan fingerprint density at radius 1 is 0.853 bits per heavy atom. The van der Waals surface area contributed by atoms with Gasteiger partial charge in [-0.05, 0) is 65.2 Å². The van der Waals surface area contributed by atoms with Crippen LogP contribution < -0.4 is 4.74 Å². The van der Waals surface area contributed by atoms with Crippen LogP contribution in [0.25, 0.3) is 21.8 Å². The van der Waals surface area contributed by atoms with Gasteiger partial charge in [0.25, 0.3) is 8.53 Å². The predicted molar refractivity (Wildman–Crippen MR) is 141 cm³/mol. The SMILES string of the molecule is CC(C)N(C(C)C)P(OCCC#N)OCCCCCCOc1ccc2c(c1)[nH]c1ccccc12. The van der Waals surface area contributed by atoms with E-state index in [-0.39, 0.29) is 0 Å². The summed E-state index contributed by atoms with van der Waals surface area (Å²) in [6.45, 7) is 10.4. The van der Waals surface area contributed by atoms with Crippen LogP contribution in [0.4, 0.5) is 0 Å². The van der Waals surface area contributed by atoms with Crippen LogP contribution in [0.2, 0.25) is 0 Å². The van der Waals surface area contributed by atoms with Gasteiger partial charge in [0.1, 0.15) is 5.75 Å². The summed E-state index contributed by atoms with van der Waals surface area (Å²) >= 11 is 0. The molecule has 6 nitrogen and oxygen atoms in total. The molecule has 1 unspecified atom stereocenters. The lowest BCUT2D eigenvalue weighted by atomic mass is 10.1. The van der Waals surface area contributed by atoms with Crippen molar-refractivity contribution in [3.8, 4) is 11.8 Å². The lowest BCUT2D eigenvalue weighted by Gasteiger charge is -2.35. The maximum atomic E-state index is 8.81. The summed E-state index contributed by atoms with van der Waals surface area (Å²) < 4.78 is 20.3. The van der Waals surface area contributed by atoms with Crippen LogP contribution in [0.5, 0.6) is 5.75 Å². The Bertz CT molecular complexity index is 1050. The fraction of sp³-hybridized carbons (Fsp3) is 0.519. The number of nitrogens with zero attached hydrogens (tertiary/aromatic N) is 2. The first-order valence-electron chi connectivity index (χ1n) is 12.4. The van der Waals surface area contributed by atoms with Crippen molar-refractivity contribution in [3.05, 3.63) is 42.5 Å². The summed E-state index contributed by atoms with van der Waals surface area (Å²) in [5.74, 6) is 0.907. The van der Waals surface area contributed by atoms with Crippen LogP contribution in [0, 0.1) is 11.3 Å². The monoisotopic (exact) mass is 483 g/mol. The lowest BCUT2D eigenvalue weighted by Crippen LogP contribution is -2.33. The number of ether oxygens (including phenoxy) is 1. The van der Waals surface area contributed by atoms with E-state index in [4.69, 9.17) is 19.0 Å². The minimum Gasteiger partial charge on any atom is -0.494 e. The standard InChI is InChI=1S/C27H38N3O3P/c1-21(2)30(22(3)4)34(33-19-11-16-28)32-18-10-6-5-9-17-31-23-14-15-25-24-12-7-8-13-26(24)29-27(25)20-23/h7-8,12-15,20-22,29H,5-6,9-11,17-19H2,1-4H3. The van der Waals surface area contributed by atoms with Crippen LogP contribution in [0.15, 0.2) is 42.5 Å². The Labute approximate surface area is 205 Å². The van der Waals surface area contributed by atoms with E-state index in [0.717, 1.165) is 42.5 Å².